The Bertz CT molecular complexity index is 453. The lowest BCUT2D eigenvalue weighted by atomic mass is 10.1. The third kappa shape index (κ3) is 2.03. The van der Waals surface area contributed by atoms with Crippen LogP contribution >= 0.6 is 0 Å². The summed E-state index contributed by atoms with van der Waals surface area (Å²) in [6.07, 6.45) is 2.53. The van der Waals surface area contributed by atoms with Crippen molar-refractivity contribution in [2.75, 3.05) is 6.54 Å². The molecule has 0 bridgehead atoms. The molecule has 2 unspecified atom stereocenters. The molecule has 0 spiro atoms. The van der Waals surface area contributed by atoms with E-state index in [4.69, 9.17) is 0 Å². The first kappa shape index (κ1) is 11.7. The summed E-state index contributed by atoms with van der Waals surface area (Å²) in [6, 6.07) is 10.2. The van der Waals surface area contributed by atoms with Crippen molar-refractivity contribution >= 4 is 5.91 Å². The zero-order valence-corrected chi connectivity index (χ0v) is 11.0. The molecule has 18 heavy (non-hydrogen) atoms. The first-order chi connectivity index (χ1) is 8.59. The summed E-state index contributed by atoms with van der Waals surface area (Å²) in [7, 11) is 0. The maximum Gasteiger partial charge on any atom is 0.241 e. The summed E-state index contributed by atoms with van der Waals surface area (Å²) in [6.45, 7) is 5.10. The van der Waals surface area contributed by atoms with Crippen LogP contribution in [0.5, 0.6) is 0 Å². The number of amides is 1. The first-order valence-electron chi connectivity index (χ1n) is 6.71. The predicted molar refractivity (Wildman–Crippen MR) is 70.8 cm³/mol. The number of nitrogens with one attached hydrogen (secondary N) is 1. The van der Waals surface area contributed by atoms with Gasteiger partial charge in [-0.1, -0.05) is 37.3 Å². The molecule has 1 aromatic carbocycles. The lowest BCUT2D eigenvalue weighted by Gasteiger charge is -2.27. The molecule has 3 rings (SSSR count). The SMILES string of the molecule is CC1NC(c2ccccc2)N(CC2(C)CC2)C1=O. The topological polar surface area (TPSA) is 32.3 Å². The Kier molecular flexibility index (Phi) is 2.67. The van der Waals surface area contributed by atoms with Crippen molar-refractivity contribution in [2.24, 2.45) is 5.41 Å². The van der Waals surface area contributed by atoms with Gasteiger partial charge in [-0.3, -0.25) is 10.1 Å². The van der Waals surface area contributed by atoms with Crippen molar-refractivity contribution in [2.45, 2.75) is 38.9 Å². The van der Waals surface area contributed by atoms with E-state index in [1.54, 1.807) is 0 Å². The summed E-state index contributed by atoms with van der Waals surface area (Å²) in [5.41, 5.74) is 1.54. The smallest absolute Gasteiger partial charge is 0.241 e. The third-order valence-corrected chi connectivity index (χ3v) is 4.14. The van der Waals surface area contributed by atoms with E-state index >= 15 is 0 Å². The molecule has 1 aliphatic heterocycles. The van der Waals surface area contributed by atoms with Gasteiger partial charge in [-0.25, -0.2) is 0 Å². The number of hydrogen-bond acceptors (Lipinski definition) is 2. The van der Waals surface area contributed by atoms with Crippen LogP contribution in [0.3, 0.4) is 0 Å². The van der Waals surface area contributed by atoms with Crippen LogP contribution in [-0.4, -0.2) is 23.4 Å². The van der Waals surface area contributed by atoms with Crippen LogP contribution in [-0.2, 0) is 4.79 Å². The molecule has 1 aliphatic carbocycles. The Balaban J connectivity index is 1.85. The molecule has 0 radical (unpaired) electrons. The van der Waals surface area contributed by atoms with Crippen molar-refractivity contribution in [3.05, 3.63) is 35.9 Å². The molecule has 3 nitrogen and oxygen atoms in total. The van der Waals surface area contributed by atoms with Gasteiger partial charge in [0, 0.05) is 6.54 Å². The van der Waals surface area contributed by atoms with Gasteiger partial charge in [-0.2, -0.15) is 0 Å². The van der Waals surface area contributed by atoms with Gasteiger partial charge in [0.2, 0.25) is 5.91 Å². The quantitative estimate of drug-likeness (QED) is 0.885. The van der Waals surface area contributed by atoms with Gasteiger partial charge in [-0.05, 0) is 30.7 Å². The zero-order chi connectivity index (χ0) is 12.8. The third-order valence-electron chi connectivity index (χ3n) is 4.14. The van der Waals surface area contributed by atoms with Crippen LogP contribution in [0.4, 0.5) is 0 Å². The number of benzene rings is 1. The Hall–Kier alpha value is -1.35. The average Bonchev–Trinajstić information content (AvgIpc) is 3.05. The van der Waals surface area contributed by atoms with E-state index in [9.17, 15) is 4.79 Å². The molecule has 1 aromatic rings. The van der Waals surface area contributed by atoms with Gasteiger partial charge < -0.3 is 4.90 Å². The van der Waals surface area contributed by atoms with Crippen LogP contribution in [0.15, 0.2) is 30.3 Å². The molecule has 2 atom stereocenters. The average molecular weight is 244 g/mol. The fourth-order valence-electron chi connectivity index (χ4n) is 2.64. The molecule has 1 saturated carbocycles. The summed E-state index contributed by atoms with van der Waals surface area (Å²) in [4.78, 5) is 14.3. The van der Waals surface area contributed by atoms with Crippen LogP contribution in [0.1, 0.15) is 38.4 Å². The highest BCUT2D eigenvalue weighted by Crippen LogP contribution is 2.47. The Morgan fingerprint density at radius 1 is 1.33 bits per heavy atom. The molecule has 2 aliphatic rings. The fourth-order valence-corrected chi connectivity index (χ4v) is 2.64. The van der Waals surface area contributed by atoms with E-state index in [1.165, 1.54) is 18.4 Å². The zero-order valence-electron chi connectivity index (χ0n) is 11.0. The van der Waals surface area contributed by atoms with E-state index < -0.39 is 0 Å². The minimum Gasteiger partial charge on any atom is -0.321 e. The largest absolute Gasteiger partial charge is 0.321 e. The minimum atomic E-state index is -0.0717. The highest BCUT2D eigenvalue weighted by Gasteiger charge is 2.45. The second-order valence-electron chi connectivity index (χ2n) is 5.98. The van der Waals surface area contributed by atoms with Crippen LogP contribution in [0.2, 0.25) is 0 Å². The van der Waals surface area contributed by atoms with Crippen molar-refractivity contribution < 1.29 is 4.79 Å². The Morgan fingerprint density at radius 3 is 2.61 bits per heavy atom. The van der Waals surface area contributed by atoms with Crippen LogP contribution in [0.25, 0.3) is 0 Å². The highest BCUT2D eigenvalue weighted by atomic mass is 16.2. The van der Waals surface area contributed by atoms with Crippen molar-refractivity contribution in [3.8, 4) is 0 Å². The maximum absolute atomic E-state index is 12.3. The monoisotopic (exact) mass is 244 g/mol. The second-order valence-corrected chi connectivity index (χ2v) is 5.98. The van der Waals surface area contributed by atoms with Gasteiger partial charge in [0.25, 0.3) is 0 Å². The molecule has 1 saturated heterocycles. The number of rotatable bonds is 3. The van der Waals surface area contributed by atoms with Gasteiger partial charge in [0.15, 0.2) is 0 Å². The molecule has 1 N–H and O–H groups in total. The van der Waals surface area contributed by atoms with Crippen LogP contribution < -0.4 is 5.32 Å². The summed E-state index contributed by atoms with van der Waals surface area (Å²) in [5.74, 6) is 0.233. The molecule has 3 heteroatoms. The molecular formula is C15H20N2O. The van der Waals surface area contributed by atoms with E-state index in [0.717, 1.165) is 6.54 Å². The summed E-state index contributed by atoms with van der Waals surface area (Å²) < 4.78 is 0. The lowest BCUT2D eigenvalue weighted by Crippen LogP contribution is -2.35. The molecule has 2 fully saturated rings. The van der Waals surface area contributed by atoms with E-state index in [0.29, 0.717) is 5.41 Å². The molecule has 1 heterocycles. The number of nitrogens with zero attached hydrogens (tertiary/aromatic N) is 1. The fraction of sp³-hybridized carbons (Fsp3) is 0.533. The van der Waals surface area contributed by atoms with Gasteiger partial charge >= 0.3 is 0 Å². The summed E-state index contributed by atoms with van der Waals surface area (Å²) >= 11 is 0. The minimum absolute atomic E-state index is 0.0473. The Morgan fingerprint density at radius 2 is 2.00 bits per heavy atom. The summed E-state index contributed by atoms with van der Waals surface area (Å²) in [5, 5.41) is 3.40. The van der Waals surface area contributed by atoms with Gasteiger partial charge in [0.05, 0.1) is 6.04 Å². The number of hydrogen-bond donors (Lipinski definition) is 1. The number of carbonyl (C=O) groups is 1. The highest BCUT2D eigenvalue weighted by molar-refractivity contribution is 5.84. The normalized spacial score (nSPS) is 29.7. The van der Waals surface area contributed by atoms with Gasteiger partial charge in [-0.15, -0.1) is 0 Å². The van der Waals surface area contributed by atoms with Crippen molar-refractivity contribution in [3.63, 3.8) is 0 Å². The standard InChI is InChI=1S/C15H20N2O/c1-11-14(18)17(10-15(2)8-9-15)13(16-11)12-6-4-3-5-7-12/h3-7,11,13,16H,8-10H2,1-2H3. The first-order valence-corrected chi connectivity index (χ1v) is 6.71. The number of carbonyl (C=O) groups excluding carboxylic acids is 1. The molecular weight excluding hydrogens is 224 g/mol. The Labute approximate surface area is 108 Å². The van der Waals surface area contributed by atoms with Crippen LogP contribution in [0, 0.1) is 5.41 Å². The molecule has 0 aromatic heterocycles. The predicted octanol–water partition coefficient (Wildman–Crippen LogP) is 2.31. The van der Waals surface area contributed by atoms with E-state index in [1.807, 2.05) is 30.0 Å². The van der Waals surface area contributed by atoms with E-state index in [-0.39, 0.29) is 18.1 Å². The molecule has 1 amide bonds. The van der Waals surface area contributed by atoms with E-state index in [2.05, 4.69) is 24.4 Å². The second kappa shape index (κ2) is 4.09. The maximum atomic E-state index is 12.3. The lowest BCUT2D eigenvalue weighted by molar-refractivity contribution is -0.130. The van der Waals surface area contributed by atoms with Gasteiger partial charge in [0.1, 0.15) is 6.17 Å². The van der Waals surface area contributed by atoms with Crippen molar-refractivity contribution in [1.29, 1.82) is 0 Å². The molecule has 96 valence electrons. The van der Waals surface area contributed by atoms with Crippen molar-refractivity contribution in [1.82, 2.24) is 10.2 Å².